The number of anilines is 1. The van der Waals surface area contributed by atoms with Crippen LogP contribution in [-0.2, 0) is 17.9 Å². The first-order valence-corrected chi connectivity index (χ1v) is 11.6. The van der Waals surface area contributed by atoms with Crippen LogP contribution in [0.5, 0.6) is 5.75 Å². The highest BCUT2D eigenvalue weighted by Crippen LogP contribution is 2.28. The number of ether oxygens (including phenoxy) is 1. The summed E-state index contributed by atoms with van der Waals surface area (Å²) in [5, 5.41) is 14.6. The summed E-state index contributed by atoms with van der Waals surface area (Å²) >= 11 is 0. The number of carbonyl (C=O) groups is 3. The van der Waals surface area contributed by atoms with Gasteiger partial charge in [0.25, 0.3) is 11.8 Å². The SMILES string of the molecule is Cl.NCc1ccc2[nH]c(=O)[nH]c2c1.O=C1COc2ccc(CNC(=O)c3ncnc4c(C(=O)O)c[nH]c34)cc2N1. The molecule has 1 aliphatic rings. The number of fused-ring (bicyclic) bond motifs is 3. The molecule has 0 unspecified atom stereocenters. The zero-order valence-corrected chi connectivity index (χ0v) is 21.4. The van der Waals surface area contributed by atoms with E-state index in [2.05, 4.69) is 35.6 Å². The van der Waals surface area contributed by atoms with Crippen molar-refractivity contribution in [2.45, 2.75) is 13.1 Å². The molecule has 40 heavy (non-hydrogen) atoms. The van der Waals surface area contributed by atoms with E-state index < -0.39 is 11.9 Å². The molecular formula is C25H23ClN8O6. The first-order valence-electron chi connectivity index (χ1n) is 11.6. The number of nitrogens with zero attached hydrogens (tertiary/aromatic N) is 2. The highest BCUT2D eigenvalue weighted by atomic mass is 35.5. The van der Waals surface area contributed by atoms with Crippen molar-refractivity contribution in [3.8, 4) is 5.75 Å². The van der Waals surface area contributed by atoms with E-state index in [1.54, 1.807) is 18.2 Å². The summed E-state index contributed by atoms with van der Waals surface area (Å²) in [5.41, 5.74) is 9.61. The molecule has 2 amide bonds. The first-order chi connectivity index (χ1) is 18.8. The minimum absolute atomic E-state index is 0. The number of halogens is 1. The molecule has 0 bridgehead atoms. The Morgan fingerprint density at radius 2 is 1.82 bits per heavy atom. The van der Waals surface area contributed by atoms with Crippen LogP contribution in [0.3, 0.4) is 0 Å². The number of hydrogen-bond acceptors (Lipinski definition) is 8. The van der Waals surface area contributed by atoms with Gasteiger partial charge in [-0.1, -0.05) is 12.1 Å². The number of nitrogens with one attached hydrogen (secondary N) is 5. The Morgan fingerprint density at radius 3 is 2.60 bits per heavy atom. The van der Waals surface area contributed by atoms with Gasteiger partial charge < -0.3 is 41.2 Å². The van der Waals surface area contributed by atoms with Crippen molar-refractivity contribution in [1.82, 2.24) is 30.2 Å². The largest absolute Gasteiger partial charge is 0.482 e. The van der Waals surface area contributed by atoms with E-state index in [0.717, 1.165) is 28.5 Å². The molecule has 14 nitrogen and oxygen atoms in total. The molecule has 0 atom stereocenters. The monoisotopic (exact) mass is 566 g/mol. The van der Waals surface area contributed by atoms with E-state index in [9.17, 15) is 19.2 Å². The number of carbonyl (C=O) groups excluding carboxylic acids is 2. The average Bonchev–Trinajstić information content (AvgIpc) is 3.54. The Balaban J connectivity index is 0.000000238. The second kappa shape index (κ2) is 11.7. The molecule has 6 rings (SSSR count). The lowest BCUT2D eigenvalue weighted by Crippen LogP contribution is -2.26. The summed E-state index contributed by atoms with van der Waals surface area (Å²) in [6, 6.07) is 10.8. The van der Waals surface area contributed by atoms with E-state index in [1.807, 2.05) is 18.2 Å². The summed E-state index contributed by atoms with van der Waals surface area (Å²) in [7, 11) is 0. The van der Waals surface area contributed by atoms with Crippen LogP contribution in [0.4, 0.5) is 5.69 Å². The number of amides is 2. The maximum atomic E-state index is 12.5. The van der Waals surface area contributed by atoms with Crippen LogP contribution in [0.1, 0.15) is 32.0 Å². The third-order valence-electron chi connectivity index (χ3n) is 5.85. The van der Waals surface area contributed by atoms with Gasteiger partial charge in [-0.05, 0) is 35.4 Å². The molecular weight excluding hydrogens is 544 g/mol. The van der Waals surface area contributed by atoms with Crippen LogP contribution < -0.4 is 26.8 Å². The van der Waals surface area contributed by atoms with Gasteiger partial charge in [0.2, 0.25) is 0 Å². The van der Waals surface area contributed by atoms with Gasteiger partial charge in [0.1, 0.15) is 23.2 Å². The number of H-pyrrole nitrogens is 3. The maximum absolute atomic E-state index is 12.5. The van der Waals surface area contributed by atoms with Crippen molar-refractivity contribution in [2.75, 3.05) is 11.9 Å². The Kier molecular flexibility index (Phi) is 8.12. The Labute approximate surface area is 230 Å². The molecule has 0 radical (unpaired) electrons. The van der Waals surface area contributed by atoms with Gasteiger partial charge in [-0.2, -0.15) is 0 Å². The molecule has 0 fully saturated rings. The molecule has 8 N–H and O–H groups in total. The van der Waals surface area contributed by atoms with E-state index in [0.29, 0.717) is 18.0 Å². The number of carboxylic acids is 1. The van der Waals surface area contributed by atoms with Gasteiger partial charge in [0, 0.05) is 19.3 Å². The molecule has 0 spiro atoms. The van der Waals surface area contributed by atoms with E-state index >= 15 is 0 Å². The van der Waals surface area contributed by atoms with Gasteiger partial charge in [-0.15, -0.1) is 12.4 Å². The van der Waals surface area contributed by atoms with Crippen molar-refractivity contribution < 1.29 is 24.2 Å². The lowest BCUT2D eigenvalue weighted by Gasteiger charge is -2.18. The van der Waals surface area contributed by atoms with Gasteiger partial charge >= 0.3 is 11.7 Å². The predicted octanol–water partition coefficient (Wildman–Crippen LogP) is 1.65. The van der Waals surface area contributed by atoms with Crippen molar-refractivity contribution in [3.63, 3.8) is 0 Å². The molecule has 4 heterocycles. The number of imidazole rings is 1. The first kappa shape index (κ1) is 27.8. The Bertz CT molecular complexity index is 1790. The summed E-state index contributed by atoms with van der Waals surface area (Å²) in [5.74, 6) is -1.31. The second-order valence-corrected chi connectivity index (χ2v) is 8.47. The van der Waals surface area contributed by atoms with Crippen LogP contribution in [0.25, 0.3) is 22.1 Å². The third-order valence-corrected chi connectivity index (χ3v) is 5.85. The van der Waals surface area contributed by atoms with Gasteiger partial charge in [-0.25, -0.2) is 19.6 Å². The van der Waals surface area contributed by atoms with E-state index in [4.69, 9.17) is 15.6 Å². The fourth-order valence-corrected chi connectivity index (χ4v) is 3.99. The van der Waals surface area contributed by atoms with Crippen molar-refractivity contribution >= 4 is 57.9 Å². The predicted molar refractivity (Wildman–Crippen MR) is 147 cm³/mol. The average molecular weight is 567 g/mol. The smallest absolute Gasteiger partial charge is 0.339 e. The van der Waals surface area contributed by atoms with Gasteiger partial charge in [0.05, 0.1) is 22.2 Å². The number of aromatic amines is 3. The standard InChI is InChI=1S/C17H13N5O5.C8H9N3O.ClH/c23-12-6-27-11-2-1-8(3-10(11)22-12)4-19-16(24)15-14-13(20-7-21-15)9(5-18-14)17(25)26;9-4-5-1-2-6-7(3-5)11-8(12)10-6;/h1-3,5,7,18H,4,6H2,(H,19,24)(H,22,23)(H,25,26);1-3H,4,9H2,(H2,10,11,12);1H. The molecule has 0 saturated heterocycles. The topological polar surface area (TPSA) is 221 Å². The maximum Gasteiger partial charge on any atom is 0.339 e. The fraction of sp³-hybridized carbons (Fsp3) is 0.120. The van der Waals surface area contributed by atoms with E-state index in [1.165, 1.54) is 6.20 Å². The van der Waals surface area contributed by atoms with Crippen molar-refractivity contribution in [3.05, 3.63) is 81.8 Å². The van der Waals surface area contributed by atoms with Crippen LogP contribution >= 0.6 is 12.4 Å². The summed E-state index contributed by atoms with van der Waals surface area (Å²) in [6.07, 6.45) is 2.41. The Hall–Kier alpha value is -5.21. The van der Waals surface area contributed by atoms with Gasteiger partial charge in [-0.3, -0.25) is 9.59 Å². The zero-order chi connectivity index (χ0) is 27.5. The fourth-order valence-electron chi connectivity index (χ4n) is 3.99. The normalized spacial score (nSPS) is 11.9. The molecule has 15 heteroatoms. The number of rotatable bonds is 5. The highest BCUT2D eigenvalue weighted by molar-refractivity contribution is 6.08. The minimum Gasteiger partial charge on any atom is -0.482 e. The van der Waals surface area contributed by atoms with Crippen molar-refractivity contribution in [2.24, 2.45) is 5.73 Å². The summed E-state index contributed by atoms with van der Waals surface area (Å²) in [4.78, 5) is 61.8. The van der Waals surface area contributed by atoms with Crippen LogP contribution in [0, 0.1) is 0 Å². The number of aromatic nitrogens is 5. The number of nitrogens with two attached hydrogens (primary N) is 1. The quantitative estimate of drug-likeness (QED) is 0.164. The zero-order valence-electron chi connectivity index (χ0n) is 20.6. The summed E-state index contributed by atoms with van der Waals surface area (Å²) < 4.78 is 5.29. The Morgan fingerprint density at radius 1 is 1.05 bits per heavy atom. The molecule has 1 aliphatic heterocycles. The highest BCUT2D eigenvalue weighted by Gasteiger charge is 2.20. The molecule has 0 aliphatic carbocycles. The third kappa shape index (κ3) is 5.77. The molecule has 3 aromatic heterocycles. The molecule has 5 aromatic rings. The van der Waals surface area contributed by atoms with Crippen LogP contribution in [0.15, 0.2) is 53.7 Å². The van der Waals surface area contributed by atoms with Crippen molar-refractivity contribution in [1.29, 1.82) is 0 Å². The lowest BCUT2D eigenvalue weighted by molar-refractivity contribution is -0.118. The molecule has 2 aromatic carbocycles. The van der Waals surface area contributed by atoms with Gasteiger partial charge in [0.15, 0.2) is 12.3 Å². The minimum atomic E-state index is -1.15. The van der Waals surface area contributed by atoms with E-state index in [-0.39, 0.29) is 59.4 Å². The van der Waals surface area contributed by atoms with Crippen LogP contribution in [0.2, 0.25) is 0 Å². The second-order valence-electron chi connectivity index (χ2n) is 8.47. The summed E-state index contributed by atoms with van der Waals surface area (Å²) in [6.45, 7) is 0.643. The number of carboxylic acid groups (broad SMARTS) is 1. The number of aromatic carboxylic acids is 1. The molecule has 206 valence electrons. The number of benzene rings is 2. The lowest BCUT2D eigenvalue weighted by atomic mass is 10.1. The molecule has 0 saturated carbocycles. The van der Waals surface area contributed by atoms with Crippen LogP contribution in [-0.4, -0.2) is 54.4 Å². The number of hydrogen-bond donors (Lipinski definition) is 7.